The first kappa shape index (κ1) is 14.8. The maximum absolute atomic E-state index is 12.5. The fourth-order valence-electron chi connectivity index (χ4n) is 2.98. The molecule has 118 valence electrons. The molecule has 2 aromatic heterocycles. The molecular formula is C20H16N2OS. The third kappa shape index (κ3) is 2.88. The van der Waals surface area contributed by atoms with Gasteiger partial charge in [0.25, 0.3) is 5.91 Å². The van der Waals surface area contributed by atoms with E-state index in [-0.39, 0.29) is 5.91 Å². The number of carbonyl (C=O) groups excluding carboxylic acids is 1. The smallest absolute Gasteiger partial charge is 0.251 e. The number of rotatable bonds is 3. The molecule has 1 aromatic carbocycles. The number of hydrogen-bond donors (Lipinski definition) is 0. The van der Waals surface area contributed by atoms with Crippen LogP contribution in [-0.4, -0.2) is 17.4 Å². The van der Waals surface area contributed by atoms with Gasteiger partial charge in [-0.25, -0.2) is 0 Å². The van der Waals surface area contributed by atoms with E-state index < -0.39 is 0 Å². The summed E-state index contributed by atoms with van der Waals surface area (Å²) >= 11 is 1.63. The molecule has 1 aliphatic heterocycles. The van der Waals surface area contributed by atoms with Gasteiger partial charge in [-0.3, -0.25) is 9.78 Å². The summed E-state index contributed by atoms with van der Waals surface area (Å²) < 4.78 is 0. The number of thiophene rings is 1. The van der Waals surface area contributed by atoms with Crippen molar-refractivity contribution in [2.24, 2.45) is 0 Å². The highest BCUT2D eigenvalue weighted by Crippen LogP contribution is 2.32. The van der Waals surface area contributed by atoms with Crippen molar-refractivity contribution in [2.45, 2.75) is 6.42 Å². The van der Waals surface area contributed by atoms with Crippen molar-refractivity contribution >= 4 is 29.0 Å². The Labute approximate surface area is 144 Å². The van der Waals surface area contributed by atoms with Crippen LogP contribution in [0.4, 0.5) is 5.69 Å². The van der Waals surface area contributed by atoms with Crippen LogP contribution in [0.15, 0.2) is 66.3 Å². The van der Waals surface area contributed by atoms with E-state index in [1.807, 2.05) is 40.6 Å². The molecule has 0 aliphatic carbocycles. The molecule has 0 saturated carbocycles. The van der Waals surface area contributed by atoms with Gasteiger partial charge >= 0.3 is 0 Å². The van der Waals surface area contributed by atoms with Gasteiger partial charge in [-0.15, -0.1) is 11.3 Å². The summed E-state index contributed by atoms with van der Waals surface area (Å²) in [6.45, 7) is 0.739. The molecule has 1 amide bonds. The molecule has 4 heteroatoms. The Morgan fingerprint density at radius 3 is 2.79 bits per heavy atom. The van der Waals surface area contributed by atoms with E-state index in [1.54, 1.807) is 29.8 Å². The molecule has 3 aromatic rings. The van der Waals surface area contributed by atoms with Gasteiger partial charge in [0.15, 0.2) is 0 Å². The maximum atomic E-state index is 12.5. The molecule has 0 bridgehead atoms. The molecule has 0 saturated heterocycles. The van der Waals surface area contributed by atoms with Crippen molar-refractivity contribution in [1.29, 1.82) is 0 Å². The van der Waals surface area contributed by atoms with Crippen LogP contribution in [0, 0.1) is 0 Å². The summed E-state index contributed by atoms with van der Waals surface area (Å²) in [5.74, 6) is 0.0406. The summed E-state index contributed by atoms with van der Waals surface area (Å²) in [5, 5.41) is 2.01. The van der Waals surface area contributed by atoms with Gasteiger partial charge in [-0.1, -0.05) is 12.1 Å². The monoisotopic (exact) mass is 332 g/mol. The summed E-state index contributed by atoms with van der Waals surface area (Å²) in [7, 11) is 0. The van der Waals surface area contributed by atoms with Crippen molar-refractivity contribution in [2.75, 3.05) is 11.4 Å². The lowest BCUT2D eigenvalue weighted by atomic mass is 10.0. The molecule has 3 nitrogen and oxygen atoms in total. The SMILES string of the molecule is O=C(/C=C/c1cccs1)N1CCc2cc(-c3ccncc3)ccc21. The van der Waals surface area contributed by atoms with Crippen LogP contribution in [0.3, 0.4) is 0 Å². The van der Waals surface area contributed by atoms with Crippen molar-refractivity contribution in [3.05, 3.63) is 76.8 Å². The first-order valence-corrected chi connectivity index (χ1v) is 8.76. The van der Waals surface area contributed by atoms with Crippen LogP contribution in [-0.2, 0) is 11.2 Å². The number of pyridine rings is 1. The van der Waals surface area contributed by atoms with Crippen LogP contribution in [0.2, 0.25) is 0 Å². The number of anilines is 1. The highest BCUT2D eigenvalue weighted by Gasteiger charge is 2.23. The molecule has 4 rings (SSSR count). The zero-order valence-electron chi connectivity index (χ0n) is 13.1. The van der Waals surface area contributed by atoms with Gasteiger partial charge < -0.3 is 4.90 Å². The Morgan fingerprint density at radius 1 is 1.12 bits per heavy atom. The minimum Gasteiger partial charge on any atom is -0.308 e. The van der Waals surface area contributed by atoms with Crippen LogP contribution >= 0.6 is 11.3 Å². The number of nitrogens with zero attached hydrogens (tertiary/aromatic N) is 2. The van der Waals surface area contributed by atoms with Gasteiger partial charge in [0, 0.05) is 35.6 Å². The molecule has 0 unspecified atom stereocenters. The maximum Gasteiger partial charge on any atom is 0.251 e. The summed E-state index contributed by atoms with van der Waals surface area (Å²) in [6, 6.07) is 14.3. The van der Waals surface area contributed by atoms with Gasteiger partial charge in [0.2, 0.25) is 0 Å². The minimum atomic E-state index is 0.0406. The summed E-state index contributed by atoms with van der Waals surface area (Å²) in [5.41, 5.74) is 4.56. The first-order valence-electron chi connectivity index (χ1n) is 7.88. The number of hydrogen-bond acceptors (Lipinski definition) is 3. The second-order valence-electron chi connectivity index (χ2n) is 5.67. The van der Waals surface area contributed by atoms with Crippen LogP contribution in [0.5, 0.6) is 0 Å². The number of aromatic nitrogens is 1. The third-order valence-corrected chi connectivity index (χ3v) is 5.03. The molecule has 0 N–H and O–H groups in total. The standard InChI is InChI=1S/C20H16N2OS/c23-20(6-4-18-2-1-13-24-18)22-12-9-17-14-16(3-5-19(17)22)15-7-10-21-11-8-15/h1-8,10-11,13-14H,9,12H2/b6-4+. The van der Waals surface area contributed by atoms with Gasteiger partial charge in [-0.05, 0) is 64.9 Å². The minimum absolute atomic E-state index is 0.0406. The average molecular weight is 332 g/mol. The Balaban J connectivity index is 1.57. The normalized spacial score (nSPS) is 13.4. The van der Waals surface area contributed by atoms with Crippen LogP contribution in [0.1, 0.15) is 10.4 Å². The number of benzene rings is 1. The quantitative estimate of drug-likeness (QED) is 0.666. The van der Waals surface area contributed by atoms with Crippen LogP contribution in [0.25, 0.3) is 17.2 Å². The molecule has 0 fully saturated rings. The van der Waals surface area contributed by atoms with E-state index in [4.69, 9.17) is 0 Å². The second kappa shape index (κ2) is 6.42. The molecular weight excluding hydrogens is 316 g/mol. The summed E-state index contributed by atoms with van der Waals surface area (Å²) in [4.78, 5) is 19.5. The zero-order valence-corrected chi connectivity index (χ0v) is 13.9. The Morgan fingerprint density at radius 2 is 2.00 bits per heavy atom. The predicted molar refractivity (Wildman–Crippen MR) is 99.1 cm³/mol. The fraction of sp³-hybridized carbons (Fsp3) is 0.100. The molecule has 1 aliphatic rings. The van der Waals surface area contributed by atoms with E-state index in [9.17, 15) is 4.79 Å². The van der Waals surface area contributed by atoms with E-state index in [0.717, 1.165) is 29.1 Å². The first-order chi connectivity index (χ1) is 11.8. The zero-order chi connectivity index (χ0) is 16.4. The summed E-state index contributed by atoms with van der Waals surface area (Å²) in [6.07, 6.45) is 8.04. The van der Waals surface area contributed by atoms with Gasteiger partial charge in [0.05, 0.1) is 0 Å². The van der Waals surface area contributed by atoms with Crippen molar-refractivity contribution in [1.82, 2.24) is 4.98 Å². The number of fused-ring (bicyclic) bond motifs is 1. The molecule has 3 heterocycles. The lowest BCUT2D eigenvalue weighted by Crippen LogP contribution is -2.26. The average Bonchev–Trinajstić information content (AvgIpc) is 3.29. The van der Waals surface area contributed by atoms with E-state index in [1.165, 1.54) is 11.1 Å². The van der Waals surface area contributed by atoms with Gasteiger partial charge in [0.1, 0.15) is 0 Å². The lowest BCUT2D eigenvalue weighted by molar-refractivity contribution is -0.114. The van der Waals surface area contributed by atoms with Crippen LogP contribution < -0.4 is 4.90 Å². The van der Waals surface area contributed by atoms with Crippen molar-refractivity contribution in [3.8, 4) is 11.1 Å². The second-order valence-corrected chi connectivity index (χ2v) is 6.65. The highest BCUT2D eigenvalue weighted by molar-refractivity contribution is 7.10. The Bertz CT molecular complexity index is 885. The molecule has 0 atom stereocenters. The number of amides is 1. The number of carbonyl (C=O) groups is 1. The Kier molecular flexibility index (Phi) is 3.97. The fourth-order valence-corrected chi connectivity index (χ4v) is 3.60. The molecule has 24 heavy (non-hydrogen) atoms. The molecule has 0 radical (unpaired) electrons. The largest absolute Gasteiger partial charge is 0.308 e. The Hall–Kier alpha value is -2.72. The van der Waals surface area contributed by atoms with Crippen molar-refractivity contribution in [3.63, 3.8) is 0 Å². The third-order valence-electron chi connectivity index (χ3n) is 4.19. The van der Waals surface area contributed by atoms with Gasteiger partial charge in [-0.2, -0.15) is 0 Å². The van der Waals surface area contributed by atoms with Crippen molar-refractivity contribution < 1.29 is 4.79 Å². The van der Waals surface area contributed by atoms with E-state index in [0.29, 0.717) is 0 Å². The van der Waals surface area contributed by atoms with E-state index in [2.05, 4.69) is 23.2 Å². The predicted octanol–water partition coefficient (Wildman–Crippen LogP) is 4.41. The molecule has 0 spiro atoms. The van der Waals surface area contributed by atoms with E-state index >= 15 is 0 Å². The highest BCUT2D eigenvalue weighted by atomic mass is 32.1. The topological polar surface area (TPSA) is 33.2 Å². The lowest BCUT2D eigenvalue weighted by Gasteiger charge is -2.15.